The number of amides is 1. The smallest absolute Gasteiger partial charge is 0.296 e. The lowest BCUT2D eigenvalue weighted by atomic mass is 10.00. The predicted octanol–water partition coefficient (Wildman–Crippen LogP) is 2.39. The van der Waals surface area contributed by atoms with Gasteiger partial charge in [-0.15, -0.1) is 6.58 Å². The van der Waals surface area contributed by atoms with Gasteiger partial charge in [0.25, 0.3) is 21.4 Å². The second-order valence-corrected chi connectivity index (χ2v) is 16.7. The van der Waals surface area contributed by atoms with Gasteiger partial charge in [-0.2, -0.15) is 0 Å². The molecule has 0 aromatic heterocycles. The first-order valence-electron chi connectivity index (χ1n) is 11.5. The number of hydrogen-bond donors (Lipinski definition) is 2. The topological polar surface area (TPSA) is 197 Å². The minimum atomic E-state index is -4.84. The molecule has 1 amide bonds. The standard InChI is InChI=1S/C22H33N5O9SSi/c1-7-10-35-27(37(33,34)20-9-8-16(25(29)30)12-18(20)26(31)32)19-13-24-15(11-17(19)21(23)28)14-36-38(5,6)22(2,3)4/h7-9,11-12,15,19,24H,1,10,13-14H2,2-6H3,(H2,23,28)/t15-,19-/m0/s1. The molecule has 0 saturated carbocycles. The Balaban J connectivity index is 2.53. The van der Waals surface area contributed by atoms with E-state index in [9.17, 15) is 33.4 Å². The van der Waals surface area contributed by atoms with Crippen molar-refractivity contribution in [2.45, 2.75) is 55.9 Å². The van der Waals surface area contributed by atoms with Gasteiger partial charge in [-0.3, -0.25) is 29.9 Å². The van der Waals surface area contributed by atoms with Crippen LogP contribution in [0.1, 0.15) is 20.8 Å². The van der Waals surface area contributed by atoms with Gasteiger partial charge in [-0.05, 0) is 24.2 Å². The van der Waals surface area contributed by atoms with Crippen molar-refractivity contribution in [3.63, 3.8) is 0 Å². The van der Waals surface area contributed by atoms with Gasteiger partial charge in [0.15, 0.2) is 13.2 Å². The number of nitro benzene ring substituents is 2. The van der Waals surface area contributed by atoms with E-state index < -0.39 is 62.4 Å². The number of nitrogens with one attached hydrogen (secondary N) is 1. The van der Waals surface area contributed by atoms with Crippen molar-refractivity contribution >= 4 is 35.6 Å². The van der Waals surface area contributed by atoms with E-state index in [1.54, 1.807) is 0 Å². The molecule has 1 aromatic carbocycles. The first-order valence-corrected chi connectivity index (χ1v) is 15.9. The highest BCUT2D eigenvalue weighted by Crippen LogP contribution is 2.37. The number of primary amides is 1. The SMILES string of the molecule is C=CCON([C@H]1CN[C@H](CO[Si](C)(C)C(C)(C)C)C=C1C(N)=O)S(=O)(=O)c1ccc([N+](=O)[O-])cc1[N+](=O)[O-]. The number of carbonyl (C=O) groups is 1. The molecule has 1 aromatic rings. The molecule has 0 fully saturated rings. The average Bonchev–Trinajstić information content (AvgIpc) is 2.81. The van der Waals surface area contributed by atoms with Crippen molar-refractivity contribution in [1.82, 2.24) is 9.79 Å². The highest BCUT2D eigenvalue weighted by Gasteiger charge is 2.43. The molecule has 3 N–H and O–H groups in total. The molecule has 210 valence electrons. The first kappa shape index (κ1) is 31.2. The largest absolute Gasteiger partial charge is 0.415 e. The summed E-state index contributed by atoms with van der Waals surface area (Å²) in [6, 6.07) is 0.327. The number of hydrogen-bond acceptors (Lipinski definition) is 10. The second-order valence-electron chi connectivity index (χ2n) is 10.1. The lowest BCUT2D eigenvalue weighted by molar-refractivity contribution is -0.396. The Morgan fingerprint density at radius 2 is 1.92 bits per heavy atom. The van der Waals surface area contributed by atoms with Gasteiger partial charge in [0, 0.05) is 24.2 Å². The van der Waals surface area contributed by atoms with E-state index in [4.69, 9.17) is 15.0 Å². The van der Waals surface area contributed by atoms with Crippen LogP contribution >= 0.6 is 0 Å². The quantitative estimate of drug-likeness (QED) is 0.162. The van der Waals surface area contributed by atoms with Crippen LogP contribution in [0.3, 0.4) is 0 Å². The summed E-state index contributed by atoms with van der Waals surface area (Å²) < 4.78 is 33.9. The highest BCUT2D eigenvalue weighted by atomic mass is 32.2. The van der Waals surface area contributed by atoms with E-state index in [2.05, 4.69) is 45.8 Å². The van der Waals surface area contributed by atoms with Crippen LogP contribution in [0.25, 0.3) is 0 Å². The predicted molar refractivity (Wildman–Crippen MR) is 141 cm³/mol. The summed E-state index contributed by atoms with van der Waals surface area (Å²) in [4.78, 5) is 37.7. The molecule has 14 nitrogen and oxygen atoms in total. The maximum atomic E-state index is 13.6. The van der Waals surface area contributed by atoms with Gasteiger partial charge >= 0.3 is 0 Å². The monoisotopic (exact) mass is 571 g/mol. The third-order valence-electron chi connectivity index (χ3n) is 6.47. The molecule has 2 rings (SSSR count). The second kappa shape index (κ2) is 11.8. The zero-order valence-electron chi connectivity index (χ0n) is 21.9. The molecule has 0 spiro atoms. The van der Waals surface area contributed by atoms with Crippen molar-refractivity contribution in [3.05, 3.63) is 62.7 Å². The molecule has 1 aliphatic heterocycles. The number of rotatable bonds is 12. The van der Waals surface area contributed by atoms with E-state index in [1.165, 1.54) is 12.2 Å². The van der Waals surface area contributed by atoms with Crippen molar-refractivity contribution in [1.29, 1.82) is 0 Å². The summed E-state index contributed by atoms with van der Waals surface area (Å²) in [5.41, 5.74) is 3.80. The Bertz CT molecular complexity index is 1240. The van der Waals surface area contributed by atoms with Gasteiger partial charge in [0.05, 0.1) is 35.2 Å². The maximum Gasteiger partial charge on any atom is 0.296 e. The third kappa shape index (κ3) is 6.89. The Kier molecular flexibility index (Phi) is 9.68. The number of benzene rings is 1. The van der Waals surface area contributed by atoms with Crippen molar-refractivity contribution in [3.8, 4) is 0 Å². The van der Waals surface area contributed by atoms with Crippen LogP contribution in [0.5, 0.6) is 0 Å². The first-order chi connectivity index (χ1) is 17.4. The summed E-state index contributed by atoms with van der Waals surface area (Å²) in [5, 5.41) is 25.8. The number of nitrogens with two attached hydrogens (primary N) is 1. The Hall–Kier alpha value is -3.02. The summed E-state index contributed by atoms with van der Waals surface area (Å²) in [6.45, 7) is 13.6. The minimum Gasteiger partial charge on any atom is -0.415 e. The lowest BCUT2D eigenvalue weighted by Gasteiger charge is -2.39. The van der Waals surface area contributed by atoms with Crippen molar-refractivity contribution in [2.24, 2.45) is 5.73 Å². The van der Waals surface area contributed by atoms with Crippen LogP contribution in [-0.4, -0.2) is 68.8 Å². The van der Waals surface area contributed by atoms with Crippen LogP contribution < -0.4 is 11.1 Å². The van der Waals surface area contributed by atoms with E-state index in [0.717, 1.165) is 12.1 Å². The summed E-state index contributed by atoms with van der Waals surface area (Å²) in [7, 11) is -6.98. The van der Waals surface area contributed by atoms with Crippen LogP contribution in [0.4, 0.5) is 11.4 Å². The van der Waals surface area contributed by atoms with Crippen molar-refractivity contribution in [2.75, 3.05) is 19.8 Å². The maximum absolute atomic E-state index is 13.6. The van der Waals surface area contributed by atoms with E-state index in [-0.39, 0.29) is 30.4 Å². The van der Waals surface area contributed by atoms with Gasteiger partial charge in [0.1, 0.15) is 0 Å². The highest BCUT2D eigenvalue weighted by molar-refractivity contribution is 7.89. The minimum absolute atomic E-state index is 0.0662. The number of sulfonamides is 1. The van der Waals surface area contributed by atoms with Gasteiger partial charge in [-0.25, -0.2) is 8.42 Å². The number of hydroxylamine groups is 1. The summed E-state index contributed by atoms with van der Waals surface area (Å²) >= 11 is 0. The van der Waals surface area contributed by atoms with Crippen LogP contribution in [0.2, 0.25) is 18.1 Å². The Morgan fingerprint density at radius 1 is 1.29 bits per heavy atom. The van der Waals surface area contributed by atoms with Crippen LogP contribution in [-0.2, 0) is 24.1 Å². The van der Waals surface area contributed by atoms with E-state index >= 15 is 0 Å². The fourth-order valence-corrected chi connectivity index (χ4v) is 5.93. The molecule has 0 bridgehead atoms. The van der Waals surface area contributed by atoms with E-state index in [1.807, 2.05) is 0 Å². The zero-order valence-corrected chi connectivity index (χ0v) is 23.7. The molecule has 0 radical (unpaired) electrons. The molecule has 1 aliphatic rings. The molecular formula is C22H33N5O9SSi. The molecule has 2 atom stereocenters. The fourth-order valence-electron chi connectivity index (χ4n) is 3.35. The molecule has 16 heteroatoms. The number of carbonyl (C=O) groups excluding carboxylic acids is 1. The van der Waals surface area contributed by atoms with E-state index in [0.29, 0.717) is 10.5 Å². The van der Waals surface area contributed by atoms with Gasteiger partial charge < -0.3 is 15.5 Å². The molecule has 0 aliphatic carbocycles. The summed E-state index contributed by atoms with van der Waals surface area (Å²) in [6.07, 6.45) is 2.69. The van der Waals surface area contributed by atoms with Crippen LogP contribution in [0, 0.1) is 20.2 Å². The molecular weight excluding hydrogens is 538 g/mol. The number of nitrogens with zero attached hydrogens (tertiary/aromatic N) is 3. The molecule has 0 unspecified atom stereocenters. The molecule has 0 saturated heterocycles. The third-order valence-corrected chi connectivity index (χ3v) is 12.7. The molecule has 1 heterocycles. The Labute approximate surface area is 221 Å². The summed E-state index contributed by atoms with van der Waals surface area (Å²) in [5.74, 6) is -0.922. The fraction of sp³-hybridized carbons (Fsp3) is 0.500. The Morgan fingerprint density at radius 3 is 2.42 bits per heavy atom. The normalized spacial score (nSPS) is 18.6. The molecule has 38 heavy (non-hydrogen) atoms. The van der Waals surface area contributed by atoms with Gasteiger partial charge in [0.2, 0.25) is 5.91 Å². The van der Waals surface area contributed by atoms with Crippen molar-refractivity contribution < 1.29 is 32.3 Å². The zero-order chi connectivity index (χ0) is 29.1. The lowest BCUT2D eigenvalue weighted by Crippen LogP contribution is -2.55. The number of nitro groups is 2. The number of non-ortho nitro benzene ring substituents is 1. The van der Waals surface area contributed by atoms with Crippen LogP contribution in [0.15, 0.2) is 47.4 Å². The van der Waals surface area contributed by atoms with Gasteiger partial charge in [-0.1, -0.05) is 37.4 Å². The average molecular weight is 572 g/mol.